The molecule has 2 aromatic rings. The molecule has 8 heteroatoms. The lowest BCUT2D eigenvalue weighted by atomic mass is 10.3. The van der Waals surface area contributed by atoms with E-state index in [0.717, 1.165) is 18.2 Å². The summed E-state index contributed by atoms with van der Waals surface area (Å²) in [6.07, 6.45) is -0.789. The largest absolute Gasteiger partial charge is 0.435 e. The van der Waals surface area contributed by atoms with Gasteiger partial charge >= 0.3 is 6.18 Å². The summed E-state index contributed by atoms with van der Waals surface area (Å²) in [5, 5.41) is 12.7. The lowest BCUT2D eigenvalue weighted by Crippen LogP contribution is -2.12. The number of hydrogen-bond donors (Lipinski definition) is 2. The number of rotatable bonds is 5. The Kier molecular flexibility index (Phi) is 3.89. The summed E-state index contributed by atoms with van der Waals surface area (Å²) in [6.45, 7) is 3.60. The van der Waals surface area contributed by atoms with E-state index in [1.54, 1.807) is 10.9 Å². The number of nitrogens with zero attached hydrogens (tertiary/aromatic N) is 3. The third-order valence-corrected chi connectivity index (χ3v) is 2.58. The average Bonchev–Trinajstić information content (AvgIpc) is 2.96. The molecule has 104 valence electrons. The molecule has 0 aliphatic carbocycles. The van der Waals surface area contributed by atoms with E-state index in [1.807, 2.05) is 13.1 Å². The minimum absolute atomic E-state index is 0.292. The molecule has 0 amide bonds. The van der Waals surface area contributed by atoms with E-state index in [2.05, 4.69) is 20.6 Å². The van der Waals surface area contributed by atoms with Gasteiger partial charge < -0.3 is 5.32 Å². The molecule has 0 aliphatic heterocycles. The Morgan fingerprint density at radius 1 is 1.37 bits per heavy atom. The molecule has 0 aromatic carbocycles. The van der Waals surface area contributed by atoms with Gasteiger partial charge in [0.2, 0.25) is 0 Å². The van der Waals surface area contributed by atoms with Gasteiger partial charge in [-0.05, 0) is 13.0 Å². The van der Waals surface area contributed by atoms with E-state index in [0.29, 0.717) is 18.8 Å². The molecule has 19 heavy (non-hydrogen) atoms. The molecule has 0 atom stereocenters. The smallest absolute Gasteiger partial charge is 0.307 e. The van der Waals surface area contributed by atoms with Crippen LogP contribution in [0.1, 0.15) is 23.9 Å². The number of aryl methyl sites for hydroxylation is 1. The molecule has 2 heterocycles. The van der Waals surface area contributed by atoms with E-state index < -0.39 is 11.9 Å². The number of aromatic nitrogens is 4. The van der Waals surface area contributed by atoms with Crippen LogP contribution in [0.2, 0.25) is 0 Å². The van der Waals surface area contributed by atoms with Crippen molar-refractivity contribution in [3.05, 3.63) is 35.4 Å². The maximum Gasteiger partial charge on any atom is 0.435 e. The van der Waals surface area contributed by atoms with Crippen LogP contribution in [-0.2, 0) is 25.8 Å². The number of aromatic amines is 1. The first-order chi connectivity index (χ1) is 8.99. The zero-order chi connectivity index (χ0) is 13.9. The summed E-state index contributed by atoms with van der Waals surface area (Å²) in [5.41, 5.74) is 0.482. The van der Waals surface area contributed by atoms with E-state index in [-0.39, 0.29) is 0 Å². The molecular weight excluding hydrogens is 259 g/mol. The monoisotopic (exact) mass is 273 g/mol. The van der Waals surface area contributed by atoms with E-state index in [1.165, 1.54) is 0 Å². The summed E-state index contributed by atoms with van der Waals surface area (Å²) in [6, 6.07) is 1.00. The first kappa shape index (κ1) is 13.6. The Bertz CT molecular complexity index is 528. The summed E-state index contributed by atoms with van der Waals surface area (Å²) in [7, 11) is 0. The molecule has 0 fully saturated rings. The molecule has 0 saturated carbocycles. The topological polar surface area (TPSA) is 58.5 Å². The van der Waals surface area contributed by atoms with Gasteiger partial charge in [0, 0.05) is 37.1 Å². The van der Waals surface area contributed by atoms with Gasteiger partial charge in [0.05, 0.1) is 6.20 Å². The molecule has 0 saturated heterocycles. The van der Waals surface area contributed by atoms with Crippen LogP contribution >= 0.6 is 0 Å². The highest BCUT2D eigenvalue weighted by molar-refractivity contribution is 5.11. The van der Waals surface area contributed by atoms with Crippen LogP contribution in [0.15, 0.2) is 18.5 Å². The fraction of sp³-hybridized carbons (Fsp3) is 0.455. The van der Waals surface area contributed by atoms with Gasteiger partial charge in [0.1, 0.15) is 0 Å². The third kappa shape index (κ3) is 3.57. The molecule has 2 aromatic heterocycles. The van der Waals surface area contributed by atoms with Crippen LogP contribution in [0.4, 0.5) is 13.2 Å². The Labute approximate surface area is 107 Å². The van der Waals surface area contributed by atoms with Gasteiger partial charge in [-0.25, -0.2) is 0 Å². The van der Waals surface area contributed by atoms with Gasteiger partial charge in [0.25, 0.3) is 0 Å². The maximum atomic E-state index is 12.3. The maximum absolute atomic E-state index is 12.3. The van der Waals surface area contributed by atoms with Crippen molar-refractivity contribution in [1.82, 2.24) is 25.3 Å². The van der Waals surface area contributed by atoms with Crippen LogP contribution in [0, 0.1) is 0 Å². The zero-order valence-corrected chi connectivity index (χ0v) is 10.3. The van der Waals surface area contributed by atoms with Crippen molar-refractivity contribution in [3.63, 3.8) is 0 Å². The van der Waals surface area contributed by atoms with E-state index >= 15 is 0 Å². The van der Waals surface area contributed by atoms with Crippen molar-refractivity contribution in [1.29, 1.82) is 0 Å². The van der Waals surface area contributed by atoms with Gasteiger partial charge in [-0.2, -0.15) is 23.4 Å². The highest BCUT2D eigenvalue weighted by Gasteiger charge is 2.33. The normalized spacial score (nSPS) is 12.0. The highest BCUT2D eigenvalue weighted by atomic mass is 19.4. The fourth-order valence-corrected chi connectivity index (χ4v) is 1.61. The van der Waals surface area contributed by atoms with Crippen LogP contribution in [0.3, 0.4) is 0 Å². The standard InChI is InChI=1S/C11H14F3N5/c1-2-19-7-8(5-16-19)4-15-6-9-3-10(18-17-9)11(12,13)14/h3,5,7,15H,2,4,6H2,1H3,(H,17,18). The summed E-state index contributed by atoms with van der Waals surface area (Å²) < 4.78 is 38.7. The zero-order valence-electron chi connectivity index (χ0n) is 10.3. The van der Waals surface area contributed by atoms with Gasteiger partial charge in [-0.1, -0.05) is 0 Å². The summed E-state index contributed by atoms with van der Waals surface area (Å²) in [5.74, 6) is 0. The number of hydrogen-bond acceptors (Lipinski definition) is 3. The van der Waals surface area contributed by atoms with Crippen molar-refractivity contribution in [2.24, 2.45) is 0 Å². The predicted octanol–water partition coefficient (Wildman–Crippen LogP) is 1.93. The van der Waals surface area contributed by atoms with Crippen molar-refractivity contribution >= 4 is 0 Å². The third-order valence-electron chi connectivity index (χ3n) is 2.58. The van der Waals surface area contributed by atoms with Crippen LogP contribution in [0.25, 0.3) is 0 Å². The molecule has 0 radical (unpaired) electrons. The lowest BCUT2D eigenvalue weighted by molar-refractivity contribution is -0.141. The van der Waals surface area contributed by atoms with E-state index in [4.69, 9.17) is 0 Å². The van der Waals surface area contributed by atoms with E-state index in [9.17, 15) is 13.2 Å². The molecular formula is C11H14F3N5. The minimum atomic E-state index is -4.41. The van der Waals surface area contributed by atoms with Gasteiger partial charge in [-0.15, -0.1) is 0 Å². The molecule has 0 bridgehead atoms. The number of halogens is 3. The fourth-order valence-electron chi connectivity index (χ4n) is 1.61. The van der Waals surface area contributed by atoms with Crippen LogP contribution < -0.4 is 5.32 Å². The second-order valence-electron chi connectivity index (χ2n) is 4.08. The Morgan fingerprint density at radius 3 is 2.74 bits per heavy atom. The number of alkyl halides is 3. The molecule has 0 unspecified atom stereocenters. The van der Waals surface area contributed by atoms with Gasteiger partial charge in [-0.3, -0.25) is 9.78 Å². The molecule has 0 spiro atoms. The van der Waals surface area contributed by atoms with Crippen molar-refractivity contribution in [3.8, 4) is 0 Å². The van der Waals surface area contributed by atoms with Crippen molar-refractivity contribution in [2.45, 2.75) is 32.7 Å². The van der Waals surface area contributed by atoms with Crippen molar-refractivity contribution < 1.29 is 13.2 Å². The predicted molar refractivity (Wildman–Crippen MR) is 62.0 cm³/mol. The molecule has 0 aliphatic rings. The number of H-pyrrole nitrogens is 1. The quantitative estimate of drug-likeness (QED) is 0.875. The SMILES string of the molecule is CCn1cc(CNCc2cc(C(F)(F)F)n[nH]2)cn1. The van der Waals surface area contributed by atoms with Crippen LogP contribution in [0.5, 0.6) is 0 Å². The lowest BCUT2D eigenvalue weighted by Gasteiger charge is -2.00. The summed E-state index contributed by atoms with van der Waals surface area (Å²) >= 11 is 0. The average molecular weight is 273 g/mol. The Hall–Kier alpha value is -1.83. The molecule has 5 nitrogen and oxygen atoms in total. The Morgan fingerprint density at radius 2 is 2.16 bits per heavy atom. The molecule has 2 N–H and O–H groups in total. The first-order valence-electron chi connectivity index (χ1n) is 5.82. The Balaban J connectivity index is 1.84. The van der Waals surface area contributed by atoms with Gasteiger partial charge in [0.15, 0.2) is 5.69 Å². The minimum Gasteiger partial charge on any atom is -0.307 e. The second-order valence-corrected chi connectivity index (χ2v) is 4.08. The first-order valence-corrected chi connectivity index (χ1v) is 5.82. The van der Waals surface area contributed by atoms with Crippen LogP contribution in [-0.4, -0.2) is 20.0 Å². The number of nitrogens with one attached hydrogen (secondary N) is 2. The van der Waals surface area contributed by atoms with Crippen molar-refractivity contribution in [2.75, 3.05) is 0 Å². The summed E-state index contributed by atoms with van der Waals surface area (Å²) in [4.78, 5) is 0. The second kappa shape index (κ2) is 5.43. The highest BCUT2D eigenvalue weighted by Crippen LogP contribution is 2.27. The molecule has 2 rings (SSSR count).